The van der Waals surface area contributed by atoms with E-state index in [1.807, 2.05) is 20.8 Å². The van der Waals surface area contributed by atoms with Crippen molar-refractivity contribution in [3.63, 3.8) is 0 Å². The molecule has 0 heterocycles. The summed E-state index contributed by atoms with van der Waals surface area (Å²) in [5, 5.41) is 10.9. The minimum atomic E-state index is 0. The van der Waals surface area contributed by atoms with Crippen molar-refractivity contribution in [3.05, 3.63) is 28.8 Å². The monoisotopic (exact) mass is 174 g/mol. The van der Waals surface area contributed by atoms with Crippen LogP contribution >= 0.6 is 0 Å². The summed E-state index contributed by atoms with van der Waals surface area (Å²) in [5.74, 6) is 0.112. The SMILES string of the molecule is Cc1cc([O-])cc(C)c1C.[K+]. The van der Waals surface area contributed by atoms with E-state index in [0.717, 1.165) is 11.1 Å². The van der Waals surface area contributed by atoms with Gasteiger partial charge in [-0.15, -0.1) is 5.75 Å². The topological polar surface area (TPSA) is 23.1 Å². The molecule has 0 saturated carbocycles. The van der Waals surface area contributed by atoms with Crippen LogP contribution in [0.1, 0.15) is 16.7 Å². The molecule has 0 amide bonds. The zero-order valence-corrected chi connectivity index (χ0v) is 10.7. The molecule has 1 aromatic rings. The molecule has 2 heteroatoms. The van der Waals surface area contributed by atoms with E-state index in [1.54, 1.807) is 12.1 Å². The van der Waals surface area contributed by atoms with Crippen LogP contribution in [0.4, 0.5) is 0 Å². The second kappa shape index (κ2) is 4.63. The molecule has 0 aliphatic rings. The maximum Gasteiger partial charge on any atom is 1.00 e. The van der Waals surface area contributed by atoms with E-state index < -0.39 is 0 Å². The average Bonchev–Trinajstić information content (AvgIpc) is 1.82. The number of rotatable bonds is 0. The fourth-order valence-electron chi connectivity index (χ4n) is 0.996. The first-order chi connectivity index (χ1) is 4.61. The molecule has 11 heavy (non-hydrogen) atoms. The van der Waals surface area contributed by atoms with Gasteiger partial charge in [0.2, 0.25) is 0 Å². The second-order valence-corrected chi connectivity index (χ2v) is 2.68. The molecule has 54 valence electrons. The summed E-state index contributed by atoms with van der Waals surface area (Å²) >= 11 is 0. The molecular formula is C9H11KO. The number of hydrogen-bond acceptors (Lipinski definition) is 1. The first-order valence-corrected chi connectivity index (χ1v) is 3.36. The molecule has 0 fully saturated rings. The molecule has 0 atom stereocenters. The van der Waals surface area contributed by atoms with E-state index in [2.05, 4.69) is 0 Å². The first-order valence-electron chi connectivity index (χ1n) is 3.36. The van der Waals surface area contributed by atoms with Crippen molar-refractivity contribution in [3.8, 4) is 5.75 Å². The van der Waals surface area contributed by atoms with Crippen molar-refractivity contribution in [1.82, 2.24) is 0 Å². The van der Waals surface area contributed by atoms with Crippen LogP contribution in [0, 0.1) is 20.8 Å². The number of benzene rings is 1. The van der Waals surface area contributed by atoms with Crippen LogP contribution in [0.3, 0.4) is 0 Å². The molecule has 0 aromatic heterocycles. The van der Waals surface area contributed by atoms with E-state index in [4.69, 9.17) is 0 Å². The third-order valence-corrected chi connectivity index (χ3v) is 1.90. The Morgan fingerprint density at radius 3 is 1.73 bits per heavy atom. The van der Waals surface area contributed by atoms with Gasteiger partial charge in [-0.2, -0.15) is 0 Å². The summed E-state index contributed by atoms with van der Waals surface area (Å²) in [6, 6.07) is 3.34. The Balaban J connectivity index is 0.000001000. The Morgan fingerprint density at radius 2 is 1.36 bits per heavy atom. The average molecular weight is 174 g/mol. The molecule has 0 spiro atoms. The van der Waals surface area contributed by atoms with Gasteiger partial charge in [-0.3, -0.25) is 0 Å². The van der Waals surface area contributed by atoms with Crippen molar-refractivity contribution in [2.75, 3.05) is 0 Å². The van der Waals surface area contributed by atoms with Gasteiger partial charge in [0.25, 0.3) is 0 Å². The smallest absolute Gasteiger partial charge is 0.872 e. The summed E-state index contributed by atoms with van der Waals surface area (Å²) in [6.07, 6.45) is 0. The maximum atomic E-state index is 10.9. The Morgan fingerprint density at radius 1 is 1.00 bits per heavy atom. The molecule has 1 rings (SSSR count). The van der Waals surface area contributed by atoms with E-state index in [9.17, 15) is 5.11 Å². The minimum absolute atomic E-state index is 0. The van der Waals surface area contributed by atoms with E-state index >= 15 is 0 Å². The molecule has 0 aliphatic heterocycles. The summed E-state index contributed by atoms with van der Waals surface area (Å²) in [7, 11) is 0. The van der Waals surface area contributed by atoms with Crippen LogP contribution in [0.25, 0.3) is 0 Å². The van der Waals surface area contributed by atoms with Crippen LogP contribution in [-0.4, -0.2) is 0 Å². The Bertz CT molecular complexity index is 233. The summed E-state index contributed by atoms with van der Waals surface area (Å²) in [6.45, 7) is 5.96. The molecule has 0 bridgehead atoms. The van der Waals surface area contributed by atoms with E-state index in [0.29, 0.717) is 0 Å². The molecule has 0 unspecified atom stereocenters. The first kappa shape index (κ1) is 11.7. The summed E-state index contributed by atoms with van der Waals surface area (Å²) in [5.41, 5.74) is 3.40. The van der Waals surface area contributed by atoms with Crippen molar-refractivity contribution < 1.29 is 56.5 Å². The third kappa shape index (κ3) is 2.88. The summed E-state index contributed by atoms with van der Waals surface area (Å²) < 4.78 is 0. The largest absolute Gasteiger partial charge is 1.00 e. The molecule has 0 saturated heterocycles. The fourth-order valence-corrected chi connectivity index (χ4v) is 0.996. The van der Waals surface area contributed by atoms with Crippen molar-refractivity contribution in [1.29, 1.82) is 0 Å². The minimum Gasteiger partial charge on any atom is -0.872 e. The van der Waals surface area contributed by atoms with Crippen LogP contribution in [0.15, 0.2) is 12.1 Å². The van der Waals surface area contributed by atoms with Crippen molar-refractivity contribution in [2.24, 2.45) is 0 Å². The van der Waals surface area contributed by atoms with Gasteiger partial charge in [-0.05, 0) is 37.5 Å². The van der Waals surface area contributed by atoms with Crippen LogP contribution in [-0.2, 0) is 0 Å². The number of aryl methyl sites for hydroxylation is 2. The zero-order valence-electron chi connectivity index (χ0n) is 7.56. The van der Waals surface area contributed by atoms with Gasteiger partial charge < -0.3 is 5.11 Å². The quantitative estimate of drug-likeness (QED) is 0.448. The normalized spacial score (nSPS) is 9.00. The number of hydrogen-bond donors (Lipinski definition) is 0. The van der Waals surface area contributed by atoms with E-state index in [-0.39, 0.29) is 57.1 Å². The molecule has 1 nitrogen and oxygen atoms in total. The zero-order chi connectivity index (χ0) is 7.72. The van der Waals surface area contributed by atoms with Crippen LogP contribution < -0.4 is 56.5 Å². The van der Waals surface area contributed by atoms with Crippen LogP contribution in [0.5, 0.6) is 5.75 Å². The van der Waals surface area contributed by atoms with E-state index in [1.165, 1.54) is 5.56 Å². The Hall–Kier alpha value is 0.656. The van der Waals surface area contributed by atoms with Gasteiger partial charge in [-0.25, -0.2) is 0 Å². The fraction of sp³-hybridized carbons (Fsp3) is 0.333. The van der Waals surface area contributed by atoms with Gasteiger partial charge in [0.05, 0.1) is 0 Å². The van der Waals surface area contributed by atoms with Gasteiger partial charge in [0.1, 0.15) is 0 Å². The van der Waals surface area contributed by atoms with Gasteiger partial charge >= 0.3 is 51.4 Å². The second-order valence-electron chi connectivity index (χ2n) is 2.68. The molecular weight excluding hydrogens is 163 g/mol. The van der Waals surface area contributed by atoms with Gasteiger partial charge in [0, 0.05) is 0 Å². The molecule has 0 radical (unpaired) electrons. The Kier molecular flexibility index (Phi) is 4.90. The van der Waals surface area contributed by atoms with Gasteiger partial charge in [-0.1, -0.05) is 12.1 Å². The summed E-state index contributed by atoms with van der Waals surface area (Å²) in [4.78, 5) is 0. The van der Waals surface area contributed by atoms with Gasteiger partial charge in [0.15, 0.2) is 0 Å². The predicted molar refractivity (Wildman–Crippen MR) is 40.1 cm³/mol. The predicted octanol–water partition coefficient (Wildman–Crippen LogP) is -1.31. The third-order valence-electron chi connectivity index (χ3n) is 1.90. The Labute approximate surface area is 110 Å². The molecule has 0 N–H and O–H groups in total. The standard InChI is InChI=1S/C9H12O.K/c1-6-4-9(10)5-7(2)8(6)3;/h4-5,10H,1-3H3;/q;+1/p-1. The maximum absolute atomic E-state index is 10.9. The molecule has 1 aromatic carbocycles. The van der Waals surface area contributed by atoms with Crippen LogP contribution in [0.2, 0.25) is 0 Å². The van der Waals surface area contributed by atoms with Crippen molar-refractivity contribution >= 4 is 0 Å². The van der Waals surface area contributed by atoms with Crippen molar-refractivity contribution in [2.45, 2.75) is 20.8 Å². The molecule has 0 aliphatic carbocycles.